The summed E-state index contributed by atoms with van der Waals surface area (Å²) in [5.41, 5.74) is 7.13. The van der Waals surface area contributed by atoms with Crippen molar-refractivity contribution in [2.75, 3.05) is 13.1 Å². The van der Waals surface area contributed by atoms with E-state index in [9.17, 15) is 0 Å². The second-order valence-electron chi connectivity index (χ2n) is 5.18. The number of hydrogen-bond acceptors (Lipinski definition) is 3. The first-order valence-electron chi connectivity index (χ1n) is 6.27. The van der Waals surface area contributed by atoms with Crippen molar-refractivity contribution in [2.45, 2.75) is 44.3 Å². The topological polar surface area (TPSA) is 47.1 Å². The zero-order valence-corrected chi connectivity index (χ0v) is 9.84. The highest BCUT2D eigenvalue weighted by atomic mass is 15.2. The number of likely N-dealkylation sites (tertiary alicyclic amines) is 1. The van der Waals surface area contributed by atoms with Gasteiger partial charge in [0, 0.05) is 37.4 Å². The maximum absolute atomic E-state index is 5.96. The normalized spacial score (nSPS) is 28.5. The summed E-state index contributed by atoms with van der Waals surface area (Å²) >= 11 is 0. The van der Waals surface area contributed by atoms with Gasteiger partial charge in [-0.15, -0.1) is 0 Å². The summed E-state index contributed by atoms with van der Waals surface area (Å²) in [6, 6.07) is 1.55. The maximum Gasteiger partial charge on any atom is 0.0951 e. The lowest BCUT2D eigenvalue weighted by Crippen LogP contribution is -2.24. The fourth-order valence-corrected chi connectivity index (χ4v) is 2.74. The van der Waals surface area contributed by atoms with Crippen LogP contribution in [-0.4, -0.2) is 33.6 Å². The molecule has 0 radical (unpaired) electrons. The summed E-state index contributed by atoms with van der Waals surface area (Å²) in [6.07, 6.45) is 7.89. The molecule has 2 atom stereocenters. The quantitative estimate of drug-likeness (QED) is 0.835. The summed E-state index contributed by atoms with van der Waals surface area (Å²) in [7, 11) is 0. The lowest BCUT2D eigenvalue weighted by molar-refractivity contribution is 0.312. The number of nitrogens with zero attached hydrogens (tertiary/aromatic N) is 3. The smallest absolute Gasteiger partial charge is 0.0951 e. The second-order valence-corrected chi connectivity index (χ2v) is 5.18. The monoisotopic (exact) mass is 220 g/mol. The molecule has 2 heterocycles. The SMILES string of the molecule is C[C@H](N)c1cncn1C1CCN(C2CC2)C1. The molecule has 3 rings (SSSR count). The van der Waals surface area contributed by atoms with E-state index in [1.807, 2.05) is 19.4 Å². The summed E-state index contributed by atoms with van der Waals surface area (Å²) in [5, 5.41) is 0. The number of hydrogen-bond donors (Lipinski definition) is 1. The van der Waals surface area contributed by atoms with Crippen molar-refractivity contribution in [1.82, 2.24) is 14.5 Å². The van der Waals surface area contributed by atoms with Crippen LogP contribution in [-0.2, 0) is 0 Å². The van der Waals surface area contributed by atoms with E-state index in [4.69, 9.17) is 5.73 Å². The van der Waals surface area contributed by atoms with Crippen molar-refractivity contribution in [3.8, 4) is 0 Å². The van der Waals surface area contributed by atoms with Crippen LogP contribution in [0.5, 0.6) is 0 Å². The molecule has 1 aliphatic heterocycles. The van der Waals surface area contributed by atoms with Crippen molar-refractivity contribution in [1.29, 1.82) is 0 Å². The van der Waals surface area contributed by atoms with Crippen LogP contribution in [0.3, 0.4) is 0 Å². The van der Waals surface area contributed by atoms with Gasteiger partial charge in [0.05, 0.1) is 12.0 Å². The Morgan fingerprint density at radius 3 is 2.88 bits per heavy atom. The highest BCUT2D eigenvalue weighted by Crippen LogP contribution is 2.34. The molecule has 88 valence electrons. The van der Waals surface area contributed by atoms with E-state index in [0.717, 1.165) is 6.04 Å². The van der Waals surface area contributed by atoms with Gasteiger partial charge in [0.15, 0.2) is 0 Å². The van der Waals surface area contributed by atoms with E-state index < -0.39 is 0 Å². The Morgan fingerprint density at radius 2 is 2.19 bits per heavy atom. The molecule has 2 fully saturated rings. The minimum Gasteiger partial charge on any atom is -0.329 e. The highest BCUT2D eigenvalue weighted by Gasteiger charge is 2.35. The first kappa shape index (κ1) is 10.3. The lowest BCUT2D eigenvalue weighted by Gasteiger charge is -2.18. The van der Waals surface area contributed by atoms with E-state index in [-0.39, 0.29) is 6.04 Å². The van der Waals surface area contributed by atoms with Gasteiger partial charge >= 0.3 is 0 Å². The molecule has 1 aromatic rings. The molecule has 1 saturated heterocycles. The Hall–Kier alpha value is -0.870. The molecule has 0 bridgehead atoms. The van der Waals surface area contributed by atoms with Gasteiger partial charge in [-0.3, -0.25) is 4.90 Å². The molecule has 1 unspecified atom stereocenters. The van der Waals surface area contributed by atoms with Crippen molar-refractivity contribution in [3.63, 3.8) is 0 Å². The summed E-state index contributed by atoms with van der Waals surface area (Å²) in [6.45, 7) is 4.45. The lowest BCUT2D eigenvalue weighted by atomic mass is 10.2. The van der Waals surface area contributed by atoms with Gasteiger partial charge in [-0.2, -0.15) is 0 Å². The van der Waals surface area contributed by atoms with E-state index in [0.29, 0.717) is 6.04 Å². The van der Waals surface area contributed by atoms with E-state index >= 15 is 0 Å². The zero-order chi connectivity index (χ0) is 11.1. The molecule has 4 nitrogen and oxygen atoms in total. The highest BCUT2D eigenvalue weighted by molar-refractivity contribution is 5.06. The first-order valence-corrected chi connectivity index (χ1v) is 6.27. The zero-order valence-electron chi connectivity index (χ0n) is 9.84. The Balaban J connectivity index is 1.74. The van der Waals surface area contributed by atoms with Gasteiger partial charge in [-0.25, -0.2) is 4.98 Å². The second kappa shape index (κ2) is 3.86. The van der Waals surface area contributed by atoms with E-state index in [2.05, 4.69) is 14.5 Å². The molecule has 1 aromatic heterocycles. The Labute approximate surface area is 96.4 Å². The molecular formula is C12H20N4. The molecule has 0 aromatic carbocycles. The van der Waals surface area contributed by atoms with Crippen molar-refractivity contribution in [3.05, 3.63) is 18.2 Å². The third kappa shape index (κ3) is 1.76. The predicted molar refractivity (Wildman–Crippen MR) is 63.1 cm³/mol. The van der Waals surface area contributed by atoms with Gasteiger partial charge in [-0.1, -0.05) is 0 Å². The van der Waals surface area contributed by atoms with Gasteiger partial charge < -0.3 is 10.3 Å². The fourth-order valence-electron chi connectivity index (χ4n) is 2.74. The number of imidazole rings is 1. The Morgan fingerprint density at radius 1 is 1.38 bits per heavy atom. The number of nitrogens with two attached hydrogens (primary N) is 1. The molecule has 16 heavy (non-hydrogen) atoms. The van der Waals surface area contributed by atoms with Crippen LogP contribution in [0.15, 0.2) is 12.5 Å². The van der Waals surface area contributed by atoms with Gasteiger partial charge in [0.1, 0.15) is 0 Å². The van der Waals surface area contributed by atoms with Crippen LogP contribution in [0.1, 0.15) is 44.0 Å². The van der Waals surface area contributed by atoms with Crippen LogP contribution >= 0.6 is 0 Å². The van der Waals surface area contributed by atoms with Crippen molar-refractivity contribution < 1.29 is 0 Å². The summed E-state index contributed by atoms with van der Waals surface area (Å²) < 4.78 is 2.28. The molecule has 2 aliphatic rings. The van der Waals surface area contributed by atoms with Crippen LogP contribution in [0.4, 0.5) is 0 Å². The minimum atomic E-state index is 0.0810. The molecule has 1 aliphatic carbocycles. The van der Waals surface area contributed by atoms with Gasteiger partial charge in [-0.05, 0) is 26.2 Å². The van der Waals surface area contributed by atoms with Crippen molar-refractivity contribution in [2.24, 2.45) is 5.73 Å². The third-order valence-electron chi connectivity index (χ3n) is 3.81. The molecule has 2 N–H and O–H groups in total. The molecule has 0 amide bonds. The maximum atomic E-state index is 5.96. The van der Waals surface area contributed by atoms with Crippen LogP contribution in [0, 0.1) is 0 Å². The van der Waals surface area contributed by atoms with Gasteiger partial charge in [0.25, 0.3) is 0 Å². The molecular weight excluding hydrogens is 200 g/mol. The standard InChI is InChI=1S/C12H20N4/c1-9(13)12-6-14-8-16(12)11-4-5-15(7-11)10-2-3-10/h6,8-11H,2-5,7,13H2,1H3/t9-,11?/m0/s1. The van der Waals surface area contributed by atoms with Gasteiger partial charge in [0.2, 0.25) is 0 Å². The summed E-state index contributed by atoms with van der Waals surface area (Å²) in [4.78, 5) is 6.86. The first-order chi connectivity index (χ1) is 7.75. The summed E-state index contributed by atoms with van der Waals surface area (Å²) in [5.74, 6) is 0. The largest absolute Gasteiger partial charge is 0.329 e. The van der Waals surface area contributed by atoms with E-state index in [1.54, 1.807) is 0 Å². The molecule has 1 saturated carbocycles. The Kier molecular flexibility index (Phi) is 2.48. The Bertz CT molecular complexity index is 367. The molecule has 0 spiro atoms. The number of aromatic nitrogens is 2. The van der Waals surface area contributed by atoms with Crippen LogP contribution in [0.2, 0.25) is 0 Å². The number of rotatable bonds is 3. The average Bonchev–Trinajstić information content (AvgIpc) is 2.83. The minimum absolute atomic E-state index is 0.0810. The fraction of sp³-hybridized carbons (Fsp3) is 0.750. The van der Waals surface area contributed by atoms with E-state index in [1.165, 1.54) is 38.0 Å². The van der Waals surface area contributed by atoms with Crippen molar-refractivity contribution >= 4 is 0 Å². The van der Waals surface area contributed by atoms with Crippen LogP contribution in [0.25, 0.3) is 0 Å². The van der Waals surface area contributed by atoms with Crippen LogP contribution < -0.4 is 5.73 Å². The predicted octanol–water partition coefficient (Wildman–Crippen LogP) is 1.31. The third-order valence-corrected chi connectivity index (χ3v) is 3.81. The molecule has 4 heteroatoms. The average molecular weight is 220 g/mol.